The van der Waals surface area contributed by atoms with Gasteiger partial charge in [-0.05, 0) is 12.5 Å². The lowest BCUT2D eigenvalue weighted by Gasteiger charge is -2.04. The van der Waals surface area contributed by atoms with Crippen molar-refractivity contribution in [1.82, 2.24) is 4.98 Å². The second-order valence-electron chi connectivity index (χ2n) is 3.07. The Labute approximate surface area is 88.3 Å². The number of unbranched alkanes of at least 4 members (excludes halogenated alkanes) is 1. The summed E-state index contributed by atoms with van der Waals surface area (Å²) >= 11 is 0. The summed E-state index contributed by atoms with van der Waals surface area (Å²) in [5, 5.41) is 0. The van der Waals surface area contributed by atoms with E-state index in [0.717, 1.165) is 12.8 Å². The topological polar surface area (TPSA) is 56.3 Å². The molecule has 4 heteroatoms. The van der Waals surface area contributed by atoms with E-state index in [0.29, 0.717) is 18.1 Å². The molecule has 0 atom stereocenters. The van der Waals surface area contributed by atoms with Gasteiger partial charge >= 0.3 is 0 Å². The lowest BCUT2D eigenvalue weighted by molar-refractivity contribution is -0.104. The van der Waals surface area contributed by atoms with Crippen LogP contribution in [0.25, 0.3) is 0 Å². The van der Waals surface area contributed by atoms with E-state index < -0.39 is 5.78 Å². The number of nitrogens with zero attached hydrogens (tertiary/aromatic N) is 1. The highest BCUT2D eigenvalue weighted by Gasteiger charge is 2.05. The van der Waals surface area contributed by atoms with Crippen molar-refractivity contribution in [2.75, 3.05) is 6.61 Å². The van der Waals surface area contributed by atoms with Gasteiger partial charge in [-0.25, -0.2) is 4.98 Å². The Morgan fingerprint density at radius 2 is 2.40 bits per heavy atom. The van der Waals surface area contributed by atoms with Crippen LogP contribution in [0.5, 0.6) is 5.88 Å². The summed E-state index contributed by atoms with van der Waals surface area (Å²) < 4.78 is 5.30. The van der Waals surface area contributed by atoms with Crippen molar-refractivity contribution in [3.63, 3.8) is 0 Å². The van der Waals surface area contributed by atoms with Gasteiger partial charge in [0.15, 0.2) is 6.29 Å². The highest BCUT2D eigenvalue weighted by molar-refractivity contribution is 6.33. The molecule has 1 aromatic heterocycles. The van der Waals surface area contributed by atoms with Crippen LogP contribution < -0.4 is 4.74 Å². The number of aldehydes is 1. The second-order valence-corrected chi connectivity index (χ2v) is 3.07. The van der Waals surface area contributed by atoms with Crippen molar-refractivity contribution in [3.8, 4) is 5.88 Å². The van der Waals surface area contributed by atoms with Gasteiger partial charge in [0.2, 0.25) is 11.7 Å². The van der Waals surface area contributed by atoms with Crippen LogP contribution in [-0.4, -0.2) is 23.7 Å². The highest BCUT2D eigenvalue weighted by Crippen LogP contribution is 2.09. The Bertz CT molecular complexity index is 349. The Morgan fingerprint density at radius 1 is 1.60 bits per heavy atom. The number of aromatic nitrogens is 1. The zero-order valence-electron chi connectivity index (χ0n) is 8.60. The molecule has 0 aromatic carbocycles. The number of Topliss-reactive ketones (excluding diaryl/α,β-unsaturated/α-hetero) is 1. The standard InChI is InChI=1S/C11H13NO3/c1-2-3-6-15-11-7-9(4-5-12-11)10(14)8-13/h4-5,7-8H,2-3,6H2,1H3. The monoisotopic (exact) mass is 207 g/mol. The molecule has 0 aliphatic carbocycles. The number of hydrogen-bond acceptors (Lipinski definition) is 4. The van der Waals surface area contributed by atoms with Crippen molar-refractivity contribution in [2.24, 2.45) is 0 Å². The fourth-order valence-electron chi connectivity index (χ4n) is 1.03. The predicted octanol–water partition coefficient (Wildman–Crippen LogP) is 1.64. The molecule has 1 aromatic rings. The van der Waals surface area contributed by atoms with E-state index in [1.54, 1.807) is 0 Å². The molecule has 1 heterocycles. The third-order valence-corrected chi connectivity index (χ3v) is 1.87. The van der Waals surface area contributed by atoms with Crippen LogP contribution >= 0.6 is 0 Å². The van der Waals surface area contributed by atoms with E-state index in [-0.39, 0.29) is 6.29 Å². The maximum absolute atomic E-state index is 11.0. The Balaban J connectivity index is 2.65. The third-order valence-electron chi connectivity index (χ3n) is 1.87. The summed E-state index contributed by atoms with van der Waals surface area (Å²) in [6.45, 7) is 2.63. The maximum atomic E-state index is 11.0. The molecule has 15 heavy (non-hydrogen) atoms. The van der Waals surface area contributed by atoms with E-state index in [2.05, 4.69) is 11.9 Å². The summed E-state index contributed by atoms with van der Waals surface area (Å²) in [6, 6.07) is 2.97. The first kappa shape index (κ1) is 11.4. The van der Waals surface area contributed by atoms with Crippen LogP contribution in [0.4, 0.5) is 0 Å². The molecule has 0 fully saturated rings. The summed E-state index contributed by atoms with van der Waals surface area (Å²) in [4.78, 5) is 25.2. The Hall–Kier alpha value is -1.71. The molecule has 0 radical (unpaired) electrons. The van der Waals surface area contributed by atoms with E-state index in [4.69, 9.17) is 4.74 Å². The number of carbonyl (C=O) groups is 2. The fourth-order valence-corrected chi connectivity index (χ4v) is 1.03. The number of carbonyl (C=O) groups excluding carboxylic acids is 2. The lowest BCUT2D eigenvalue weighted by Crippen LogP contribution is -2.03. The summed E-state index contributed by atoms with van der Waals surface area (Å²) in [5.41, 5.74) is 0.312. The van der Waals surface area contributed by atoms with Crippen molar-refractivity contribution < 1.29 is 14.3 Å². The van der Waals surface area contributed by atoms with Crippen LogP contribution in [0.1, 0.15) is 30.1 Å². The molecule has 80 valence electrons. The van der Waals surface area contributed by atoms with Crippen LogP contribution in [0, 0.1) is 0 Å². The number of hydrogen-bond donors (Lipinski definition) is 0. The summed E-state index contributed by atoms with van der Waals surface area (Å²) in [5.74, 6) is -0.172. The van der Waals surface area contributed by atoms with Gasteiger partial charge in [0, 0.05) is 17.8 Å². The smallest absolute Gasteiger partial charge is 0.225 e. The Kier molecular flexibility index (Phi) is 4.47. The normalized spacial score (nSPS) is 9.67. The fraction of sp³-hybridized carbons (Fsp3) is 0.364. The molecule has 0 N–H and O–H groups in total. The van der Waals surface area contributed by atoms with E-state index in [1.165, 1.54) is 18.3 Å². The maximum Gasteiger partial charge on any atom is 0.225 e. The molecule has 1 rings (SSSR count). The molecular weight excluding hydrogens is 194 g/mol. The molecule has 0 bridgehead atoms. The van der Waals surface area contributed by atoms with Gasteiger partial charge in [0.1, 0.15) is 0 Å². The minimum atomic E-state index is -0.558. The molecule has 0 saturated carbocycles. The molecule has 0 saturated heterocycles. The van der Waals surface area contributed by atoms with Crippen molar-refractivity contribution in [1.29, 1.82) is 0 Å². The molecule has 4 nitrogen and oxygen atoms in total. The zero-order valence-corrected chi connectivity index (χ0v) is 8.60. The van der Waals surface area contributed by atoms with Gasteiger partial charge in [-0.1, -0.05) is 13.3 Å². The van der Waals surface area contributed by atoms with Crippen molar-refractivity contribution in [2.45, 2.75) is 19.8 Å². The average molecular weight is 207 g/mol. The quantitative estimate of drug-likeness (QED) is 0.308. The first-order valence-corrected chi connectivity index (χ1v) is 4.86. The molecule has 0 aliphatic rings. The van der Waals surface area contributed by atoms with Gasteiger partial charge in [-0.2, -0.15) is 0 Å². The van der Waals surface area contributed by atoms with Gasteiger partial charge < -0.3 is 4.74 Å². The first-order valence-electron chi connectivity index (χ1n) is 4.86. The zero-order chi connectivity index (χ0) is 11.1. The summed E-state index contributed by atoms with van der Waals surface area (Å²) in [6.07, 6.45) is 3.71. The highest BCUT2D eigenvalue weighted by atomic mass is 16.5. The molecule has 0 amide bonds. The van der Waals surface area contributed by atoms with Crippen LogP contribution in [-0.2, 0) is 4.79 Å². The van der Waals surface area contributed by atoms with E-state index >= 15 is 0 Å². The van der Waals surface area contributed by atoms with Crippen molar-refractivity contribution >= 4 is 12.1 Å². The average Bonchev–Trinajstić information content (AvgIpc) is 2.29. The second kappa shape index (κ2) is 5.90. The number of ether oxygens (including phenoxy) is 1. The van der Waals surface area contributed by atoms with Crippen LogP contribution in [0.3, 0.4) is 0 Å². The lowest BCUT2D eigenvalue weighted by atomic mass is 10.2. The minimum absolute atomic E-state index is 0.283. The first-order chi connectivity index (χ1) is 7.27. The van der Waals surface area contributed by atoms with Crippen LogP contribution in [0.2, 0.25) is 0 Å². The SMILES string of the molecule is CCCCOc1cc(C(=O)C=O)ccn1. The molecule has 0 aliphatic heterocycles. The van der Waals surface area contributed by atoms with Crippen molar-refractivity contribution in [3.05, 3.63) is 23.9 Å². The molecular formula is C11H13NO3. The largest absolute Gasteiger partial charge is 0.478 e. The third kappa shape index (κ3) is 3.50. The van der Waals surface area contributed by atoms with Gasteiger partial charge in [-0.15, -0.1) is 0 Å². The van der Waals surface area contributed by atoms with Crippen LogP contribution in [0.15, 0.2) is 18.3 Å². The number of rotatable bonds is 6. The minimum Gasteiger partial charge on any atom is -0.478 e. The Morgan fingerprint density at radius 3 is 3.07 bits per heavy atom. The van der Waals surface area contributed by atoms with Gasteiger partial charge in [-0.3, -0.25) is 9.59 Å². The number of ketones is 1. The van der Waals surface area contributed by atoms with E-state index in [1.807, 2.05) is 0 Å². The molecule has 0 unspecified atom stereocenters. The number of pyridine rings is 1. The van der Waals surface area contributed by atoms with Gasteiger partial charge in [0.25, 0.3) is 0 Å². The molecule has 0 spiro atoms. The predicted molar refractivity (Wildman–Crippen MR) is 55.0 cm³/mol. The summed E-state index contributed by atoms with van der Waals surface area (Å²) in [7, 11) is 0. The van der Waals surface area contributed by atoms with E-state index in [9.17, 15) is 9.59 Å². The van der Waals surface area contributed by atoms with Gasteiger partial charge in [0.05, 0.1) is 6.61 Å².